The number of nitrogens with zero attached hydrogens (tertiary/aromatic N) is 1. The minimum Gasteiger partial charge on any atom is -0.211 e. The minimum absolute atomic E-state index is 0.0168. The molecule has 0 bridgehead atoms. The highest BCUT2D eigenvalue weighted by Gasteiger charge is 2.15. The first kappa shape index (κ1) is 12.6. The van der Waals surface area contributed by atoms with E-state index < -0.39 is 15.8 Å². The summed E-state index contributed by atoms with van der Waals surface area (Å²) in [6.45, 7) is 2.09. The SMILES string of the molecule is CCCNS(=O)(=O)c1cc(F)cc(C#N)c1. The molecule has 0 atom stereocenters. The Bertz CT molecular complexity index is 520. The summed E-state index contributed by atoms with van der Waals surface area (Å²) in [5, 5.41) is 8.60. The van der Waals surface area contributed by atoms with E-state index in [1.165, 1.54) is 0 Å². The van der Waals surface area contributed by atoms with Crippen LogP contribution >= 0.6 is 0 Å². The summed E-state index contributed by atoms with van der Waals surface area (Å²) >= 11 is 0. The van der Waals surface area contributed by atoms with E-state index in [0.717, 1.165) is 18.2 Å². The van der Waals surface area contributed by atoms with Crippen molar-refractivity contribution >= 4 is 10.0 Å². The average Bonchev–Trinajstić information content (AvgIpc) is 2.25. The summed E-state index contributed by atoms with van der Waals surface area (Å²) in [6.07, 6.45) is 0.639. The number of benzene rings is 1. The molecule has 0 aliphatic carbocycles. The summed E-state index contributed by atoms with van der Waals surface area (Å²) in [4.78, 5) is -0.225. The predicted octanol–water partition coefficient (Wildman–Crippen LogP) is 1.39. The van der Waals surface area contributed by atoms with Crippen LogP contribution < -0.4 is 4.72 Å². The number of rotatable bonds is 4. The third kappa shape index (κ3) is 3.02. The Balaban J connectivity index is 3.14. The highest BCUT2D eigenvalue weighted by atomic mass is 32.2. The van der Waals surface area contributed by atoms with E-state index in [1.54, 1.807) is 6.07 Å². The molecule has 0 aromatic heterocycles. The first-order valence-corrected chi connectivity index (χ1v) is 6.18. The molecule has 4 nitrogen and oxygen atoms in total. The van der Waals surface area contributed by atoms with Gasteiger partial charge in [0.2, 0.25) is 10.0 Å². The molecule has 0 amide bonds. The molecule has 86 valence electrons. The predicted molar refractivity (Wildman–Crippen MR) is 56.6 cm³/mol. The zero-order valence-electron chi connectivity index (χ0n) is 8.70. The van der Waals surface area contributed by atoms with Gasteiger partial charge in [-0.2, -0.15) is 5.26 Å². The summed E-state index contributed by atoms with van der Waals surface area (Å²) in [7, 11) is -3.72. The normalized spacial score (nSPS) is 11.1. The molecule has 0 radical (unpaired) electrons. The number of nitrogens with one attached hydrogen (secondary N) is 1. The van der Waals surface area contributed by atoms with Crippen LogP contribution in [-0.4, -0.2) is 15.0 Å². The lowest BCUT2D eigenvalue weighted by atomic mass is 10.2. The lowest BCUT2D eigenvalue weighted by Gasteiger charge is -2.05. The lowest BCUT2D eigenvalue weighted by molar-refractivity contribution is 0.577. The fourth-order valence-corrected chi connectivity index (χ4v) is 2.29. The van der Waals surface area contributed by atoms with Gasteiger partial charge in [-0.25, -0.2) is 17.5 Å². The molecule has 16 heavy (non-hydrogen) atoms. The molecule has 0 aliphatic heterocycles. The second-order valence-corrected chi connectivity index (χ2v) is 4.95. The number of hydrogen-bond acceptors (Lipinski definition) is 3. The summed E-state index contributed by atoms with van der Waals surface area (Å²) < 4.78 is 38.6. The molecule has 0 unspecified atom stereocenters. The van der Waals surface area contributed by atoms with Crippen LogP contribution in [0.5, 0.6) is 0 Å². The van der Waals surface area contributed by atoms with Gasteiger partial charge in [-0.05, 0) is 24.6 Å². The second-order valence-electron chi connectivity index (χ2n) is 3.19. The van der Waals surface area contributed by atoms with Gasteiger partial charge >= 0.3 is 0 Å². The molecule has 1 aromatic rings. The molecular formula is C10H11FN2O2S. The fourth-order valence-electron chi connectivity index (χ4n) is 1.10. The third-order valence-electron chi connectivity index (χ3n) is 1.85. The van der Waals surface area contributed by atoms with Crippen molar-refractivity contribution in [1.82, 2.24) is 4.72 Å². The zero-order chi connectivity index (χ0) is 12.2. The largest absolute Gasteiger partial charge is 0.240 e. The van der Waals surface area contributed by atoms with Crippen LogP contribution in [0.1, 0.15) is 18.9 Å². The Kier molecular flexibility index (Phi) is 3.99. The monoisotopic (exact) mass is 242 g/mol. The van der Waals surface area contributed by atoms with Gasteiger partial charge in [0.05, 0.1) is 16.5 Å². The summed E-state index contributed by atoms with van der Waals surface area (Å²) in [5.74, 6) is -0.740. The van der Waals surface area contributed by atoms with Crippen molar-refractivity contribution in [2.24, 2.45) is 0 Å². The fraction of sp³-hybridized carbons (Fsp3) is 0.300. The van der Waals surface area contributed by atoms with Gasteiger partial charge in [0.15, 0.2) is 0 Å². The quantitative estimate of drug-likeness (QED) is 0.867. The Morgan fingerprint density at radius 1 is 1.44 bits per heavy atom. The van der Waals surface area contributed by atoms with Crippen molar-refractivity contribution in [3.63, 3.8) is 0 Å². The maximum absolute atomic E-state index is 13.0. The van der Waals surface area contributed by atoms with Crippen molar-refractivity contribution in [3.05, 3.63) is 29.6 Å². The Labute approximate surface area is 93.8 Å². The first-order valence-electron chi connectivity index (χ1n) is 4.70. The highest BCUT2D eigenvalue weighted by Crippen LogP contribution is 2.13. The van der Waals surface area contributed by atoms with Crippen LogP contribution in [0.3, 0.4) is 0 Å². The molecule has 0 aliphatic rings. The van der Waals surface area contributed by atoms with Gasteiger partial charge in [0, 0.05) is 6.54 Å². The Hall–Kier alpha value is -1.45. The van der Waals surface area contributed by atoms with Gasteiger partial charge in [-0.3, -0.25) is 0 Å². The van der Waals surface area contributed by atoms with Crippen LogP contribution in [0, 0.1) is 17.1 Å². The first-order chi connectivity index (χ1) is 7.49. The summed E-state index contributed by atoms with van der Waals surface area (Å²) in [6, 6.07) is 4.72. The maximum Gasteiger partial charge on any atom is 0.240 e. The number of nitriles is 1. The van der Waals surface area contributed by atoms with E-state index in [0.29, 0.717) is 6.42 Å². The number of hydrogen-bond donors (Lipinski definition) is 1. The van der Waals surface area contributed by atoms with Gasteiger partial charge in [0.1, 0.15) is 5.82 Å². The van der Waals surface area contributed by atoms with Crippen LogP contribution in [-0.2, 0) is 10.0 Å². The van der Waals surface area contributed by atoms with Crippen molar-refractivity contribution in [3.8, 4) is 6.07 Å². The molecule has 0 saturated heterocycles. The maximum atomic E-state index is 13.0. The van der Waals surface area contributed by atoms with Gasteiger partial charge in [-0.1, -0.05) is 6.92 Å². The Morgan fingerprint density at radius 2 is 2.12 bits per heavy atom. The van der Waals surface area contributed by atoms with Gasteiger partial charge < -0.3 is 0 Å². The molecular weight excluding hydrogens is 231 g/mol. The van der Waals surface area contributed by atoms with Crippen molar-refractivity contribution in [1.29, 1.82) is 5.26 Å². The second kappa shape index (κ2) is 5.05. The van der Waals surface area contributed by atoms with Crippen LogP contribution in [0.4, 0.5) is 4.39 Å². The molecule has 0 saturated carbocycles. The standard InChI is InChI=1S/C10H11FN2O2S/c1-2-3-13-16(14,15)10-5-8(7-12)4-9(11)6-10/h4-6,13H,2-3H2,1H3. The topological polar surface area (TPSA) is 70.0 Å². The number of sulfonamides is 1. The van der Waals surface area contributed by atoms with Crippen LogP contribution in [0.25, 0.3) is 0 Å². The molecule has 1 N–H and O–H groups in total. The van der Waals surface area contributed by atoms with E-state index >= 15 is 0 Å². The van der Waals surface area contributed by atoms with Gasteiger partial charge in [-0.15, -0.1) is 0 Å². The molecule has 1 rings (SSSR count). The van der Waals surface area contributed by atoms with E-state index in [9.17, 15) is 12.8 Å². The molecule has 0 fully saturated rings. The van der Waals surface area contributed by atoms with Crippen molar-refractivity contribution in [2.75, 3.05) is 6.54 Å². The smallest absolute Gasteiger partial charge is 0.211 e. The third-order valence-corrected chi connectivity index (χ3v) is 3.29. The zero-order valence-corrected chi connectivity index (χ0v) is 9.51. The van der Waals surface area contributed by atoms with E-state index in [-0.39, 0.29) is 17.0 Å². The molecule has 6 heteroatoms. The van der Waals surface area contributed by atoms with Crippen molar-refractivity contribution < 1.29 is 12.8 Å². The summed E-state index contributed by atoms with van der Waals surface area (Å²) in [5.41, 5.74) is -0.0168. The van der Waals surface area contributed by atoms with Crippen LogP contribution in [0.15, 0.2) is 23.1 Å². The average molecular weight is 242 g/mol. The van der Waals surface area contributed by atoms with Crippen LogP contribution in [0.2, 0.25) is 0 Å². The van der Waals surface area contributed by atoms with Crippen molar-refractivity contribution in [2.45, 2.75) is 18.2 Å². The molecule has 0 heterocycles. The molecule has 0 spiro atoms. The van der Waals surface area contributed by atoms with Gasteiger partial charge in [0.25, 0.3) is 0 Å². The van der Waals surface area contributed by atoms with E-state index in [4.69, 9.17) is 5.26 Å². The van der Waals surface area contributed by atoms with E-state index in [1.807, 2.05) is 6.92 Å². The Morgan fingerprint density at radius 3 is 2.69 bits per heavy atom. The molecule has 1 aromatic carbocycles. The number of halogens is 1. The lowest BCUT2D eigenvalue weighted by Crippen LogP contribution is -2.24. The van der Waals surface area contributed by atoms with E-state index in [2.05, 4.69) is 4.72 Å². The highest BCUT2D eigenvalue weighted by molar-refractivity contribution is 7.89. The minimum atomic E-state index is -3.72.